The van der Waals surface area contributed by atoms with Crippen molar-refractivity contribution in [2.24, 2.45) is 0 Å². The molecule has 17 heavy (non-hydrogen) atoms. The molecule has 0 atom stereocenters. The number of carbonyl (C=O) groups excluding carboxylic acids is 1. The lowest BCUT2D eigenvalue weighted by Crippen LogP contribution is -2.29. The maximum absolute atomic E-state index is 11.6. The predicted octanol–water partition coefficient (Wildman–Crippen LogP) is 2.81. The molecule has 0 saturated heterocycles. The number of aryl methyl sites for hydroxylation is 2. The van der Waals surface area contributed by atoms with Gasteiger partial charge in [-0.05, 0) is 43.5 Å². The summed E-state index contributed by atoms with van der Waals surface area (Å²) in [6.07, 6.45) is 2.04. The summed E-state index contributed by atoms with van der Waals surface area (Å²) < 4.78 is 0. The van der Waals surface area contributed by atoms with E-state index >= 15 is 0 Å². The first-order valence-corrected chi connectivity index (χ1v) is 5.96. The van der Waals surface area contributed by atoms with Crippen LogP contribution in [-0.2, 0) is 0 Å². The molecule has 0 saturated carbocycles. The van der Waals surface area contributed by atoms with Crippen LogP contribution >= 0.6 is 0 Å². The van der Waals surface area contributed by atoms with Gasteiger partial charge in [0.2, 0.25) is 0 Å². The van der Waals surface area contributed by atoms with E-state index in [1.165, 1.54) is 0 Å². The molecule has 4 N–H and O–H groups in total. The molecule has 94 valence electrons. The molecule has 0 heterocycles. The van der Waals surface area contributed by atoms with Gasteiger partial charge in [0.1, 0.15) is 0 Å². The summed E-state index contributed by atoms with van der Waals surface area (Å²) in [4.78, 5) is 11.6. The molecule has 0 aliphatic heterocycles. The summed E-state index contributed by atoms with van der Waals surface area (Å²) in [5.74, 6) is 0. The molecule has 4 nitrogen and oxygen atoms in total. The van der Waals surface area contributed by atoms with Crippen molar-refractivity contribution in [3.05, 3.63) is 23.3 Å². The number of hydrogen-bond acceptors (Lipinski definition) is 2. The van der Waals surface area contributed by atoms with Crippen LogP contribution in [0, 0.1) is 13.8 Å². The zero-order valence-electron chi connectivity index (χ0n) is 10.8. The molecule has 0 radical (unpaired) electrons. The maximum Gasteiger partial charge on any atom is 0.319 e. The van der Waals surface area contributed by atoms with Crippen LogP contribution in [0.3, 0.4) is 0 Å². The number of amides is 2. The van der Waals surface area contributed by atoms with Crippen molar-refractivity contribution in [3.63, 3.8) is 0 Å². The third-order valence-electron chi connectivity index (χ3n) is 2.73. The number of unbranched alkanes of at least 4 members (excludes halogenated alkanes) is 1. The molecule has 0 spiro atoms. The second-order valence-electron chi connectivity index (χ2n) is 4.26. The lowest BCUT2D eigenvalue weighted by molar-refractivity contribution is 0.252. The predicted molar refractivity (Wildman–Crippen MR) is 72.3 cm³/mol. The Morgan fingerprint density at radius 1 is 1.29 bits per heavy atom. The van der Waals surface area contributed by atoms with Crippen LogP contribution in [0.25, 0.3) is 0 Å². The van der Waals surface area contributed by atoms with Gasteiger partial charge < -0.3 is 16.4 Å². The Bertz CT molecular complexity index is 402. The minimum atomic E-state index is -0.201. The van der Waals surface area contributed by atoms with Gasteiger partial charge >= 0.3 is 6.03 Å². The molecular formula is C13H21N3O. The molecule has 0 aliphatic rings. The second kappa shape index (κ2) is 6.13. The van der Waals surface area contributed by atoms with E-state index in [-0.39, 0.29) is 6.03 Å². The Morgan fingerprint density at radius 3 is 2.59 bits per heavy atom. The molecule has 0 aromatic heterocycles. The van der Waals surface area contributed by atoms with Crippen LogP contribution in [0.1, 0.15) is 30.9 Å². The van der Waals surface area contributed by atoms with E-state index < -0.39 is 0 Å². The molecule has 0 bridgehead atoms. The molecule has 0 unspecified atom stereocenters. The van der Waals surface area contributed by atoms with Crippen molar-refractivity contribution in [2.75, 3.05) is 17.6 Å². The fraction of sp³-hybridized carbons (Fsp3) is 0.462. The largest absolute Gasteiger partial charge is 0.397 e. The summed E-state index contributed by atoms with van der Waals surface area (Å²) in [5, 5.41) is 5.55. The first-order chi connectivity index (χ1) is 8.04. The summed E-state index contributed by atoms with van der Waals surface area (Å²) in [6, 6.07) is 3.56. The zero-order chi connectivity index (χ0) is 12.8. The SMILES string of the molecule is CCCCNC(=O)Nc1cc(C)c(C)cc1N. The number of hydrogen-bond donors (Lipinski definition) is 3. The second-order valence-corrected chi connectivity index (χ2v) is 4.26. The number of rotatable bonds is 4. The van der Waals surface area contributed by atoms with Gasteiger partial charge in [-0.2, -0.15) is 0 Å². The highest BCUT2D eigenvalue weighted by Crippen LogP contribution is 2.22. The third-order valence-corrected chi connectivity index (χ3v) is 2.73. The lowest BCUT2D eigenvalue weighted by Gasteiger charge is -2.11. The molecule has 2 amide bonds. The van der Waals surface area contributed by atoms with Crippen molar-refractivity contribution in [2.45, 2.75) is 33.6 Å². The van der Waals surface area contributed by atoms with Gasteiger partial charge in [-0.3, -0.25) is 0 Å². The minimum Gasteiger partial charge on any atom is -0.397 e. The number of nitrogen functional groups attached to an aromatic ring is 1. The van der Waals surface area contributed by atoms with Crippen LogP contribution in [0.4, 0.5) is 16.2 Å². The Kier molecular flexibility index (Phi) is 4.82. The van der Waals surface area contributed by atoms with E-state index in [4.69, 9.17) is 5.73 Å². The van der Waals surface area contributed by atoms with Crippen LogP contribution in [0.15, 0.2) is 12.1 Å². The van der Waals surface area contributed by atoms with Crippen molar-refractivity contribution in [3.8, 4) is 0 Å². The van der Waals surface area contributed by atoms with E-state index in [1.54, 1.807) is 0 Å². The van der Waals surface area contributed by atoms with Crippen molar-refractivity contribution in [1.82, 2.24) is 5.32 Å². The maximum atomic E-state index is 11.6. The van der Waals surface area contributed by atoms with E-state index in [1.807, 2.05) is 26.0 Å². The van der Waals surface area contributed by atoms with Crippen LogP contribution in [0.5, 0.6) is 0 Å². The Balaban J connectivity index is 2.62. The van der Waals surface area contributed by atoms with Crippen molar-refractivity contribution < 1.29 is 4.79 Å². The first kappa shape index (κ1) is 13.4. The topological polar surface area (TPSA) is 67.2 Å². The van der Waals surface area contributed by atoms with Gasteiger partial charge in [-0.1, -0.05) is 13.3 Å². The van der Waals surface area contributed by atoms with Crippen LogP contribution < -0.4 is 16.4 Å². The van der Waals surface area contributed by atoms with E-state index in [9.17, 15) is 4.79 Å². The van der Waals surface area contributed by atoms with E-state index in [0.717, 1.165) is 24.0 Å². The fourth-order valence-electron chi connectivity index (χ4n) is 1.49. The molecule has 4 heteroatoms. The van der Waals surface area contributed by atoms with Gasteiger partial charge in [-0.15, -0.1) is 0 Å². The highest BCUT2D eigenvalue weighted by Gasteiger charge is 2.06. The normalized spacial score (nSPS) is 10.1. The molecule has 0 fully saturated rings. The van der Waals surface area contributed by atoms with Crippen LogP contribution in [-0.4, -0.2) is 12.6 Å². The Morgan fingerprint density at radius 2 is 1.94 bits per heavy atom. The first-order valence-electron chi connectivity index (χ1n) is 5.96. The number of anilines is 2. The Labute approximate surface area is 103 Å². The Hall–Kier alpha value is -1.71. The van der Waals surface area contributed by atoms with Gasteiger partial charge in [0.15, 0.2) is 0 Å². The zero-order valence-corrected chi connectivity index (χ0v) is 10.8. The average molecular weight is 235 g/mol. The van der Waals surface area contributed by atoms with E-state index in [0.29, 0.717) is 17.9 Å². The van der Waals surface area contributed by atoms with E-state index in [2.05, 4.69) is 17.6 Å². The highest BCUT2D eigenvalue weighted by molar-refractivity contribution is 5.92. The smallest absolute Gasteiger partial charge is 0.319 e. The van der Waals surface area contributed by atoms with Crippen molar-refractivity contribution in [1.29, 1.82) is 0 Å². The number of urea groups is 1. The number of nitrogens with two attached hydrogens (primary N) is 1. The number of benzene rings is 1. The number of carbonyl (C=O) groups is 1. The average Bonchev–Trinajstić information content (AvgIpc) is 2.26. The summed E-state index contributed by atoms with van der Waals surface area (Å²) in [5.41, 5.74) is 9.35. The standard InChI is InChI=1S/C13H21N3O/c1-4-5-6-15-13(17)16-12-8-10(3)9(2)7-11(12)14/h7-8H,4-6,14H2,1-3H3,(H2,15,16,17). The molecule has 1 aromatic rings. The highest BCUT2D eigenvalue weighted by atomic mass is 16.2. The molecular weight excluding hydrogens is 214 g/mol. The van der Waals surface area contributed by atoms with Crippen LogP contribution in [0.2, 0.25) is 0 Å². The third kappa shape index (κ3) is 3.98. The quantitative estimate of drug-likeness (QED) is 0.555. The molecule has 1 aromatic carbocycles. The summed E-state index contributed by atoms with van der Waals surface area (Å²) >= 11 is 0. The van der Waals surface area contributed by atoms with Gasteiger partial charge in [0.05, 0.1) is 11.4 Å². The van der Waals surface area contributed by atoms with Gasteiger partial charge in [0.25, 0.3) is 0 Å². The summed E-state index contributed by atoms with van der Waals surface area (Å²) in [6.45, 7) is 6.76. The summed E-state index contributed by atoms with van der Waals surface area (Å²) in [7, 11) is 0. The molecule has 0 aliphatic carbocycles. The van der Waals surface area contributed by atoms with Crippen molar-refractivity contribution >= 4 is 17.4 Å². The lowest BCUT2D eigenvalue weighted by atomic mass is 10.1. The number of nitrogens with one attached hydrogen (secondary N) is 2. The van der Waals surface area contributed by atoms with Gasteiger partial charge in [0, 0.05) is 6.54 Å². The fourth-order valence-corrected chi connectivity index (χ4v) is 1.49. The minimum absolute atomic E-state index is 0.201. The van der Waals surface area contributed by atoms with Gasteiger partial charge in [-0.25, -0.2) is 4.79 Å². The monoisotopic (exact) mass is 235 g/mol. The molecule has 1 rings (SSSR count).